The molecule has 2 heterocycles. The first kappa shape index (κ1) is 17.5. The molecule has 2 unspecified atom stereocenters. The van der Waals surface area contributed by atoms with E-state index >= 15 is 0 Å². The molecule has 0 amide bonds. The Kier molecular flexibility index (Phi) is 5.67. The molecule has 1 aliphatic rings. The highest BCUT2D eigenvalue weighted by Gasteiger charge is 2.27. The molecule has 3 atom stereocenters. The van der Waals surface area contributed by atoms with E-state index < -0.39 is 30.3 Å². The molecule has 22 heavy (non-hydrogen) atoms. The molecule has 1 aliphatic heterocycles. The average molecular weight is 352 g/mol. The van der Waals surface area contributed by atoms with Gasteiger partial charge in [-0.05, 0) is 18.7 Å². The zero-order chi connectivity index (χ0) is 16.3. The van der Waals surface area contributed by atoms with Crippen molar-refractivity contribution < 1.29 is 23.4 Å². The second-order valence-electron chi connectivity index (χ2n) is 4.68. The predicted molar refractivity (Wildman–Crippen MR) is 80.3 cm³/mol. The fourth-order valence-corrected chi connectivity index (χ4v) is 2.51. The van der Waals surface area contributed by atoms with Gasteiger partial charge in [-0.1, -0.05) is 0 Å². The van der Waals surface area contributed by atoms with Gasteiger partial charge in [-0.15, -0.1) is 0 Å². The van der Waals surface area contributed by atoms with Crippen LogP contribution >= 0.6 is 6.72 Å². The summed E-state index contributed by atoms with van der Waals surface area (Å²) in [6.45, 7) is -1.34. The number of hydrogen-bond donors (Lipinski definition) is 2. The van der Waals surface area contributed by atoms with E-state index in [1.54, 1.807) is 6.92 Å². The lowest BCUT2D eigenvalue weighted by atomic mass is 10.3. The summed E-state index contributed by atoms with van der Waals surface area (Å²) in [5, 5.41) is 0. The molecule has 0 aromatic carbocycles. The van der Waals surface area contributed by atoms with Gasteiger partial charge in [0.1, 0.15) is 6.10 Å². The molecule has 11 heteroatoms. The highest BCUT2D eigenvalue weighted by atomic mass is 32.5. The number of rotatable bonds is 5. The van der Waals surface area contributed by atoms with Crippen LogP contribution in [-0.2, 0) is 30.3 Å². The van der Waals surface area contributed by atoms with E-state index in [0.29, 0.717) is 5.56 Å². The van der Waals surface area contributed by atoms with Crippen molar-refractivity contribution in [3.8, 4) is 0 Å². The Labute approximate surface area is 131 Å². The Morgan fingerprint density at radius 3 is 2.95 bits per heavy atom. The van der Waals surface area contributed by atoms with Crippen molar-refractivity contribution >= 4 is 18.5 Å². The Morgan fingerprint density at radius 1 is 1.55 bits per heavy atom. The Morgan fingerprint density at radius 2 is 2.27 bits per heavy atom. The molecule has 1 aromatic heterocycles. The number of H-pyrrole nitrogens is 1. The van der Waals surface area contributed by atoms with Crippen molar-refractivity contribution in [2.75, 3.05) is 26.9 Å². The van der Waals surface area contributed by atoms with Gasteiger partial charge in [-0.25, -0.2) is 4.79 Å². The van der Waals surface area contributed by atoms with Crippen molar-refractivity contribution in [2.24, 2.45) is 0 Å². The Hall–Kier alpha value is -0.870. The van der Waals surface area contributed by atoms with Gasteiger partial charge in [0.15, 0.2) is 6.23 Å². The Bertz CT molecular complexity index is 688. The minimum absolute atomic E-state index is 0.0325. The molecule has 0 saturated carbocycles. The van der Waals surface area contributed by atoms with Gasteiger partial charge in [0.05, 0.1) is 19.8 Å². The molecule has 0 spiro atoms. The molecule has 124 valence electrons. The first-order chi connectivity index (χ1) is 10.3. The van der Waals surface area contributed by atoms with Crippen LogP contribution in [0.2, 0.25) is 0 Å². The van der Waals surface area contributed by atoms with Gasteiger partial charge in [0, 0.05) is 18.9 Å². The van der Waals surface area contributed by atoms with Gasteiger partial charge in [-0.2, -0.15) is 0 Å². The normalized spacial score (nSPS) is 24.9. The first-order valence-electron chi connectivity index (χ1n) is 6.41. The number of aryl methyl sites for hydroxylation is 1. The molecule has 0 bridgehead atoms. The Balaban J connectivity index is 2.08. The summed E-state index contributed by atoms with van der Waals surface area (Å²) < 4.78 is 22.0. The van der Waals surface area contributed by atoms with Crippen molar-refractivity contribution in [1.29, 1.82) is 0 Å². The molecule has 0 aliphatic carbocycles. The van der Waals surface area contributed by atoms with E-state index in [4.69, 9.17) is 25.8 Å². The molecule has 1 fully saturated rings. The largest absolute Gasteiger partial charge is 0.374 e. The van der Waals surface area contributed by atoms with Crippen LogP contribution in [0.3, 0.4) is 0 Å². The second-order valence-corrected chi connectivity index (χ2v) is 7.62. The van der Waals surface area contributed by atoms with E-state index in [-0.39, 0.29) is 19.8 Å². The minimum Gasteiger partial charge on any atom is -0.374 e. The molecule has 2 N–H and O–H groups in total. The van der Waals surface area contributed by atoms with E-state index in [0.717, 1.165) is 0 Å². The fourth-order valence-electron chi connectivity index (χ4n) is 1.86. The van der Waals surface area contributed by atoms with Crippen LogP contribution in [-0.4, -0.2) is 47.5 Å². The van der Waals surface area contributed by atoms with E-state index in [1.165, 1.54) is 17.9 Å². The van der Waals surface area contributed by atoms with Crippen LogP contribution in [0.4, 0.5) is 0 Å². The van der Waals surface area contributed by atoms with E-state index in [1.807, 2.05) is 0 Å². The van der Waals surface area contributed by atoms with Crippen molar-refractivity contribution in [1.82, 2.24) is 9.55 Å². The summed E-state index contributed by atoms with van der Waals surface area (Å²) in [4.78, 5) is 34.9. The summed E-state index contributed by atoms with van der Waals surface area (Å²) in [7, 11) is 1.25. The maximum Gasteiger partial charge on any atom is 0.330 e. The predicted octanol–water partition coefficient (Wildman–Crippen LogP) is -0.361. The minimum atomic E-state index is -3.27. The summed E-state index contributed by atoms with van der Waals surface area (Å²) in [5.74, 6) is 0. The third kappa shape index (κ3) is 4.32. The molecule has 1 saturated heterocycles. The average Bonchev–Trinajstić information content (AvgIpc) is 2.49. The van der Waals surface area contributed by atoms with Crippen LogP contribution in [0, 0.1) is 6.92 Å². The van der Waals surface area contributed by atoms with Gasteiger partial charge >= 0.3 is 12.4 Å². The molecule has 1 aromatic rings. The third-order valence-electron chi connectivity index (χ3n) is 3.02. The van der Waals surface area contributed by atoms with Crippen molar-refractivity contribution in [3.63, 3.8) is 0 Å². The van der Waals surface area contributed by atoms with Crippen LogP contribution in [0.15, 0.2) is 15.8 Å². The molecule has 2 rings (SSSR count). The highest BCUT2D eigenvalue weighted by Crippen LogP contribution is 2.42. The van der Waals surface area contributed by atoms with Crippen molar-refractivity contribution in [3.05, 3.63) is 32.6 Å². The van der Waals surface area contributed by atoms with Crippen LogP contribution < -0.4 is 11.2 Å². The van der Waals surface area contributed by atoms with Gasteiger partial charge in [0.2, 0.25) is 0 Å². The quantitative estimate of drug-likeness (QED) is 0.691. The summed E-state index contributed by atoms with van der Waals surface area (Å²) in [5.41, 5.74) is -0.652. The second kappa shape index (κ2) is 7.14. The third-order valence-corrected chi connectivity index (χ3v) is 4.72. The number of aromatic nitrogens is 2. The van der Waals surface area contributed by atoms with Crippen LogP contribution in [0.25, 0.3) is 0 Å². The number of hydrogen-bond acceptors (Lipinski definition) is 7. The SMILES string of the molecule is COP(O)(=S)OCC1COC[C@H](n2cc(C)c(=O)[nH]c2=O)O1. The summed E-state index contributed by atoms with van der Waals surface area (Å²) in [6.07, 6.45) is 0.177. The van der Waals surface area contributed by atoms with Crippen LogP contribution in [0.1, 0.15) is 11.8 Å². The molecule has 0 radical (unpaired) electrons. The number of nitrogens with one attached hydrogen (secondary N) is 1. The standard InChI is InChI=1S/C11H17N2O7PS/c1-7-3-13(11(15)12-10(7)14)9-6-18-4-8(20-9)5-19-21(16,22)17-2/h3,8-9H,4-6H2,1-2H3,(H,16,22)(H,12,14,15)/t8?,9-,21?/m1/s1. The van der Waals surface area contributed by atoms with Gasteiger partial charge in [-0.3, -0.25) is 14.3 Å². The highest BCUT2D eigenvalue weighted by molar-refractivity contribution is 8.07. The number of nitrogens with zero attached hydrogens (tertiary/aromatic N) is 1. The number of ether oxygens (including phenoxy) is 2. The van der Waals surface area contributed by atoms with Gasteiger partial charge in [0.25, 0.3) is 5.56 Å². The molecule has 9 nitrogen and oxygen atoms in total. The van der Waals surface area contributed by atoms with E-state index in [9.17, 15) is 14.5 Å². The van der Waals surface area contributed by atoms with E-state index in [2.05, 4.69) is 9.51 Å². The lowest BCUT2D eigenvalue weighted by molar-refractivity contribution is -0.178. The molecular formula is C11H17N2O7PS. The maximum atomic E-state index is 11.8. The monoisotopic (exact) mass is 352 g/mol. The lowest BCUT2D eigenvalue weighted by Gasteiger charge is -2.31. The number of aromatic amines is 1. The lowest BCUT2D eigenvalue weighted by Crippen LogP contribution is -2.42. The zero-order valence-electron chi connectivity index (χ0n) is 12.1. The molecular weight excluding hydrogens is 335 g/mol. The van der Waals surface area contributed by atoms with Crippen molar-refractivity contribution in [2.45, 2.75) is 19.3 Å². The zero-order valence-corrected chi connectivity index (χ0v) is 13.8. The summed E-state index contributed by atoms with van der Waals surface area (Å²) >= 11 is 4.72. The first-order valence-corrected chi connectivity index (χ1v) is 9.00. The maximum absolute atomic E-state index is 11.8. The van der Waals surface area contributed by atoms with Gasteiger partial charge < -0.3 is 23.4 Å². The topological polar surface area (TPSA) is 112 Å². The smallest absolute Gasteiger partial charge is 0.330 e. The fraction of sp³-hybridized carbons (Fsp3) is 0.636. The summed E-state index contributed by atoms with van der Waals surface area (Å²) in [6, 6.07) is 0. The van der Waals surface area contributed by atoms with Crippen LogP contribution in [0.5, 0.6) is 0 Å².